The standard InChI is InChI=1S/C67H44N2/c1-4-18-45(19-5-1)46-34-37-52(38-35-46)68(53-39-40-56-55-27-10-13-31-61(55)67(62(56)44-53,50-22-6-2-7-23-50)51-24-8-3-9-25-51)63-32-14-11-26-54(63)49-21-16-20-47(42-49)48-36-41-65-60(43-48)59-30-17-29-58-57-28-12-15-33-64(57)69(65)66(58)59/h1-44H. The van der Waals surface area contributed by atoms with E-state index in [2.05, 4.69) is 276 Å². The van der Waals surface area contributed by atoms with Gasteiger partial charge >= 0.3 is 0 Å². The molecule has 2 nitrogen and oxygen atoms in total. The van der Waals surface area contributed by atoms with Crippen molar-refractivity contribution in [1.29, 1.82) is 0 Å². The quantitative estimate of drug-likeness (QED) is 0.148. The number of hydrogen-bond donors (Lipinski definition) is 0. The molecule has 0 saturated carbocycles. The molecule has 0 aliphatic heterocycles. The van der Waals surface area contributed by atoms with Gasteiger partial charge in [0.05, 0.1) is 27.7 Å². The zero-order valence-electron chi connectivity index (χ0n) is 37.8. The molecule has 0 bridgehead atoms. The molecule has 14 rings (SSSR count). The van der Waals surface area contributed by atoms with Crippen molar-refractivity contribution < 1.29 is 0 Å². The van der Waals surface area contributed by atoms with Crippen LogP contribution in [0.1, 0.15) is 22.3 Å². The van der Waals surface area contributed by atoms with Gasteiger partial charge in [-0.3, -0.25) is 0 Å². The highest BCUT2D eigenvalue weighted by molar-refractivity contribution is 6.23. The zero-order valence-corrected chi connectivity index (χ0v) is 37.8. The third-order valence-corrected chi connectivity index (χ3v) is 14.8. The second-order valence-corrected chi connectivity index (χ2v) is 18.4. The Morgan fingerprint density at radius 1 is 0.290 bits per heavy atom. The van der Waals surface area contributed by atoms with Crippen molar-refractivity contribution in [3.8, 4) is 44.5 Å². The van der Waals surface area contributed by atoms with Gasteiger partial charge in [0.2, 0.25) is 0 Å². The van der Waals surface area contributed by atoms with Crippen LogP contribution in [0.4, 0.5) is 17.1 Å². The van der Waals surface area contributed by atoms with Crippen LogP contribution in [-0.4, -0.2) is 4.40 Å². The van der Waals surface area contributed by atoms with Crippen molar-refractivity contribution in [2.75, 3.05) is 4.90 Å². The first-order valence-electron chi connectivity index (χ1n) is 23.9. The minimum Gasteiger partial charge on any atom is -0.310 e. The van der Waals surface area contributed by atoms with Gasteiger partial charge < -0.3 is 9.30 Å². The lowest BCUT2D eigenvalue weighted by atomic mass is 9.67. The number of fused-ring (bicyclic) bond motifs is 9. The number of nitrogens with zero attached hydrogens (tertiary/aromatic N) is 2. The Morgan fingerprint density at radius 3 is 1.59 bits per heavy atom. The molecule has 0 unspecified atom stereocenters. The van der Waals surface area contributed by atoms with E-state index in [4.69, 9.17) is 0 Å². The SMILES string of the molecule is c1ccc(-c2ccc(N(c3ccc4c(c3)C(c3ccccc3)(c3ccccc3)c3ccccc3-4)c3ccccc3-c3cccc(-c4ccc5c(c4)c4cccc6c7ccccc7n5c64)c3)cc2)cc1. The Morgan fingerprint density at radius 2 is 0.812 bits per heavy atom. The molecule has 0 amide bonds. The molecule has 0 spiro atoms. The molecule has 1 aliphatic carbocycles. The molecule has 0 N–H and O–H groups in total. The topological polar surface area (TPSA) is 7.65 Å². The van der Waals surface area contributed by atoms with Gasteiger partial charge in [-0.15, -0.1) is 0 Å². The molecule has 11 aromatic carbocycles. The summed E-state index contributed by atoms with van der Waals surface area (Å²) >= 11 is 0. The summed E-state index contributed by atoms with van der Waals surface area (Å²) in [6.07, 6.45) is 0. The number of benzene rings is 11. The summed E-state index contributed by atoms with van der Waals surface area (Å²) in [5.74, 6) is 0. The molecule has 1 aliphatic rings. The Kier molecular flexibility index (Phi) is 8.84. The van der Waals surface area contributed by atoms with Gasteiger partial charge in [0.15, 0.2) is 0 Å². The first-order valence-corrected chi connectivity index (χ1v) is 23.9. The van der Waals surface area contributed by atoms with E-state index in [9.17, 15) is 0 Å². The van der Waals surface area contributed by atoms with Gasteiger partial charge in [-0.1, -0.05) is 212 Å². The maximum atomic E-state index is 2.47. The van der Waals surface area contributed by atoms with E-state index in [1.165, 1.54) is 93.7 Å². The van der Waals surface area contributed by atoms with Crippen LogP contribution >= 0.6 is 0 Å². The second-order valence-electron chi connectivity index (χ2n) is 18.4. The van der Waals surface area contributed by atoms with Crippen LogP contribution in [-0.2, 0) is 5.41 Å². The summed E-state index contributed by atoms with van der Waals surface area (Å²) < 4.78 is 2.45. The van der Waals surface area contributed by atoms with Gasteiger partial charge in [0.25, 0.3) is 0 Å². The molecule has 2 heterocycles. The first-order chi connectivity index (χ1) is 34.2. The summed E-state index contributed by atoms with van der Waals surface area (Å²) in [5.41, 5.74) is 21.2. The van der Waals surface area contributed by atoms with Gasteiger partial charge in [0.1, 0.15) is 0 Å². The van der Waals surface area contributed by atoms with E-state index in [0.29, 0.717) is 0 Å². The van der Waals surface area contributed by atoms with E-state index < -0.39 is 5.41 Å². The van der Waals surface area contributed by atoms with E-state index >= 15 is 0 Å². The molecule has 0 fully saturated rings. The van der Waals surface area contributed by atoms with Gasteiger partial charge in [0, 0.05) is 38.5 Å². The number of para-hydroxylation sites is 3. The maximum absolute atomic E-state index is 2.47. The highest BCUT2D eigenvalue weighted by Gasteiger charge is 2.46. The Bertz CT molecular complexity index is 4020. The third-order valence-electron chi connectivity index (χ3n) is 14.8. The number of aromatic nitrogens is 1. The molecular formula is C67H44N2. The lowest BCUT2D eigenvalue weighted by Crippen LogP contribution is -2.28. The summed E-state index contributed by atoms with van der Waals surface area (Å²) in [5, 5.41) is 5.17. The van der Waals surface area contributed by atoms with Crippen LogP contribution in [0.25, 0.3) is 82.6 Å². The highest BCUT2D eigenvalue weighted by atomic mass is 15.1. The summed E-state index contributed by atoms with van der Waals surface area (Å²) in [4.78, 5) is 2.47. The van der Waals surface area contributed by atoms with Crippen LogP contribution in [0.2, 0.25) is 0 Å². The van der Waals surface area contributed by atoms with Gasteiger partial charge in [-0.25, -0.2) is 0 Å². The smallest absolute Gasteiger partial charge is 0.0714 e. The molecule has 0 saturated heterocycles. The van der Waals surface area contributed by atoms with E-state index in [0.717, 1.165) is 28.2 Å². The lowest BCUT2D eigenvalue weighted by Gasteiger charge is -2.35. The van der Waals surface area contributed by atoms with Crippen LogP contribution in [0.15, 0.2) is 267 Å². The molecule has 13 aromatic rings. The first kappa shape index (κ1) is 39.2. The summed E-state index contributed by atoms with van der Waals surface area (Å²) in [6.45, 7) is 0. The van der Waals surface area contributed by atoms with Crippen LogP contribution < -0.4 is 4.90 Å². The number of rotatable bonds is 8. The van der Waals surface area contributed by atoms with Crippen molar-refractivity contribution in [3.05, 3.63) is 289 Å². The van der Waals surface area contributed by atoms with Gasteiger partial charge in [-0.05, 0) is 116 Å². The number of hydrogen-bond acceptors (Lipinski definition) is 1. The van der Waals surface area contributed by atoms with Crippen LogP contribution in [0.5, 0.6) is 0 Å². The second kappa shape index (κ2) is 15.6. The molecular weight excluding hydrogens is 833 g/mol. The molecule has 69 heavy (non-hydrogen) atoms. The fourth-order valence-corrected chi connectivity index (χ4v) is 11.8. The molecule has 0 radical (unpaired) electrons. The zero-order chi connectivity index (χ0) is 45.5. The maximum Gasteiger partial charge on any atom is 0.0714 e. The largest absolute Gasteiger partial charge is 0.310 e. The summed E-state index contributed by atoms with van der Waals surface area (Å²) in [7, 11) is 0. The number of anilines is 3. The van der Waals surface area contributed by atoms with Crippen molar-refractivity contribution in [2.24, 2.45) is 0 Å². The van der Waals surface area contributed by atoms with Gasteiger partial charge in [-0.2, -0.15) is 0 Å². The third kappa shape index (κ3) is 5.92. The Labute approximate surface area is 401 Å². The van der Waals surface area contributed by atoms with Crippen molar-refractivity contribution >= 4 is 55.2 Å². The average molecular weight is 877 g/mol. The fraction of sp³-hybridized carbons (Fsp3) is 0.0149. The van der Waals surface area contributed by atoms with E-state index in [1.807, 2.05) is 0 Å². The Balaban J connectivity index is 0.951. The molecule has 2 heteroatoms. The highest BCUT2D eigenvalue weighted by Crippen LogP contribution is 2.57. The van der Waals surface area contributed by atoms with Crippen molar-refractivity contribution in [2.45, 2.75) is 5.41 Å². The minimum absolute atomic E-state index is 0.530. The predicted octanol–water partition coefficient (Wildman–Crippen LogP) is 17.7. The van der Waals surface area contributed by atoms with E-state index in [-0.39, 0.29) is 0 Å². The minimum atomic E-state index is -0.530. The molecule has 0 atom stereocenters. The van der Waals surface area contributed by atoms with Crippen LogP contribution in [0.3, 0.4) is 0 Å². The summed E-state index contributed by atoms with van der Waals surface area (Å²) in [6, 6.07) is 98.6. The molecule has 2 aromatic heterocycles. The average Bonchev–Trinajstić information content (AvgIpc) is 4.06. The van der Waals surface area contributed by atoms with E-state index in [1.54, 1.807) is 0 Å². The van der Waals surface area contributed by atoms with Crippen molar-refractivity contribution in [3.63, 3.8) is 0 Å². The Hall–Kier alpha value is -8.98. The fourth-order valence-electron chi connectivity index (χ4n) is 11.8. The normalized spacial score (nSPS) is 12.8. The molecule has 322 valence electrons. The van der Waals surface area contributed by atoms with Crippen LogP contribution in [0, 0.1) is 0 Å². The lowest BCUT2D eigenvalue weighted by molar-refractivity contribution is 0.768. The predicted molar refractivity (Wildman–Crippen MR) is 289 cm³/mol. The monoisotopic (exact) mass is 876 g/mol. The van der Waals surface area contributed by atoms with Crippen molar-refractivity contribution in [1.82, 2.24) is 4.40 Å².